The highest BCUT2D eigenvalue weighted by Crippen LogP contribution is 2.55. The Kier molecular flexibility index (Phi) is 4.42. The molecule has 0 aliphatic carbocycles. The summed E-state index contributed by atoms with van der Waals surface area (Å²) in [6.07, 6.45) is 2.92. The molecule has 1 aromatic carbocycles. The molecule has 0 saturated carbocycles. The van der Waals surface area contributed by atoms with E-state index in [1.807, 2.05) is 12.1 Å². The van der Waals surface area contributed by atoms with Crippen molar-refractivity contribution in [3.05, 3.63) is 23.8 Å². The van der Waals surface area contributed by atoms with Crippen molar-refractivity contribution in [2.45, 2.75) is 31.1 Å². The molecule has 2 bridgehead atoms. The Labute approximate surface area is 150 Å². The Hall–Kier alpha value is -1.30. The van der Waals surface area contributed by atoms with Crippen LogP contribution < -0.4 is 9.47 Å². The number of ether oxygens (including phenoxy) is 3. The zero-order valence-electron chi connectivity index (χ0n) is 15.8. The summed E-state index contributed by atoms with van der Waals surface area (Å²) in [6, 6.07) is 6.14. The minimum atomic E-state index is 0.0947. The monoisotopic (exact) mass is 346 g/mol. The molecular formula is C20H30N2O3. The third-order valence-corrected chi connectivity index (χ3v) is 6.31. The molecule has 4 atom stereocenters. The Morgan fingerprint density at radius 2 is 2.12 bits per heavy atom. The van der Waals surface area contributed by atoms with E-state index in [0.717, 1.165) is 37.7 Å². The van der Waals surface area contributed by atoms with Gasteiger partial charge in [-0.1, -0.05) is 12.1 Å². The predicted octanol–water partition coefficient (Wildman–Crippen LogP) is 2.24. The van der Waals surface area contributed by atoms with Gasteiger partial charge >= 0.3 is 0 Å². The highest BCUT2D eigenvalue weighted by molar-refractivity contribution is 5.46. The summed E-state index contributed by atoms with van der Waals surface area (Å²) in [6.45, 7) is 4.18. The number of hydrogen-bond donors (Lipinski definition) is 0. The van der Waals surface area contributed by atoms with Gasteiger partial charge in [-0.3, -0.25) is 4.90 Å². The molecule has 0 N–H and O–H groups in total. The van der Waals surface area contributed by atoms with Gasteiger partial charge in [0.05, 0.1) is 25.9 Å². The Morgan fingerprint density at radius 3 is 2.84 bits per heavy atom. The van der Waals surface area contributed by atoms with Crippen molar-refractivity contribution < 1.29 is 14.2 Å². The second-order valence-electron chi connectivity index (χ2n) is 8.11. The Balaban J connectivity index is 1.52. The van der Waals surface area contributed by atoms with Gasteiger partial charge in [0.1, 0.15) is 0 Å². The number of methoxy groups -OCH3 is 2. The fourth-order valence-electron chi connectivity index (χ4n) is 5.39. The first kappa shape index (κ1) is 17.1. The van der Waals surface area contributed by atoms with Crippen molar-refractivity contribution in [1.82, 2.24) is 9.80 Å². The number of likely N-dealkylation sites (tertiary alicyclic amines) is 1. The number of benzene rings is 1. The van der Waals surface area contributed by atoms with Crippen LogP contribution in [-0.2, 0) is 11.3 Å². The molecule has 0 unspecified atom stereocenters. The van der Waals surface area contributed by atoms with Gasteiger partial charge in [0, 0.05) is 43.6 Å². The minimum absolute atomic E-state index is 0.0947. The normalized spacial score (nSPS) is 33.9. The van der Waals surface area contributed by atoms with E-state index in [1.165, 1.54) is 18.4 Å². The topological polar surface area (TPSA) is 34.2 Å². The maximum atomic E-state index is 6.54. The summed E-state index contributed by atoms with van der Waals surface area (Å²) in [5.41, 5.74) is 1.29. The van der Waals surface area contributed by atoms with E-state index in [1.54, 1.807) is 14.2 Å². The summed E-state index contributed by atoms with van der Waals surface area (Å²) in [7, 11) is 7.76. The zero-order valence-corrected chi connectivity index (χ0v) is 15.8. The molecule has 1 spiro atoms. The van der Waals surface area contributed by atoms with Crippen LogP contribution in [0.2, 0.25) is 0 Å². The van der Waals surface area contributed by atoms with Gasteiger partial charge in [0.2, 0.25) is 0 Å². The number of rotatable bonds is 6. The molecule has 3 aliphatic heterocycles. The van der Waals surface area contributed by atoms with Gasteiger partial charge in [-0.2, -0.15) is 0 Å². The smallest absolute Gasteiger partial charge is 0.165 e. The van der Waals surface area contributed by atoms with E-state index in [-0.39, 0.29) is 5.60 Å². The first-order valence-corrected chi connectivity index (χ1v) is 9.31. The number of hydrogen-bond acceptors (Lipinski definition) is 5. The van der Waals surface area contributed by atoms with Crippen molar-refractivity contribution in [2.24, 2.45) is 11.8 Å². The summed E-state index contributed by atoms with van der Waals surface area (Å²) >= 11 is 0. The van der Waals surface area contributed by atoms with Crippen LogP contribution in [0.3, 0.4) is 0 Å². The van der Waals surface area contributed by atoms with E-state index in [9.17, 15) is 0 Å². The average molecular weight is 346 g/mol. The molecule has 3 saturated heterocycles. The van der Waals surface area contributed by atoms with Crippen molar-refractivity contribution in [2.75, 3.05) is 47.9 Å². The van der Waals surface area contributed by atoms with Crippen LogP contribution in [0, 0.1) is 11.8 Å². The lowest BCUT2D eigenvalue weighted by molar-refractivity contribution is 0.00139. The molecule has 3 aliphatic rings. The molecule has 4 rings (SSSR count). The molecule has 0 aromatic heterocycles. The Morgan fingerprint density at radius 1 is 1.28 bits per heavy atom. The van der Waals surface area contributed by atoms with Crippen LogP contribution in [0.15, 0.2) is 18.2 Å². The molecule has 5 heteroatoms. The van der Waals surface area contributed by atoms with Crippen molar-refractivity contribution in [3.8, 4) is 11.5 Å². The zero-order chi connectivity index (χ0) is 17.6. The SMILES string of the molecule is COc1cccc(CN2C[C@@H]3[C@H](CN(C)C)[C@H]4CC[C@]3(C2)O4)c1OC. The molecule has 3 heterocycles. The molecule has 1 aromatic rings. The molecular weight excluding hydrogens is 316 g/mol. The highest BCUT2D eigenvalue weighted by Gasteiger charge is 2.62. The fourth-order valence-corrected chi connectivity index (χ4v) is 5.39. The number of nitrogens with zero attached hydrogens (tertiary/aromatic N) is 2. The molecule has 0 amide bonds. The largest absolute Gasteiger partial charge is 0.493 e. The summed E-state index contributed by atoms with van der Waals surface area (Å²) in [4.78, 5) is 4.86. The molecule has 5 nitrogen and oxygen atoms in total. The van der Waals surface area contributed by atoms with E-state index in [0.29, 0.717) is 17.9 Å². The molecule has 0 radical (unpaired) electrons. The fraction of sp³-hybridized carbons (Fsp3) is 0.700. The van der Waals surface area contributed by atoms with Gasteiger partial charge in [0.25, 0.3) is 0 Å². The van der Waals surface area contributed by atoms with E-state index in [2.05, 4.69) is 30.0 Å². The van der Waals surface area contributed by atoms with Gasteiger partial charge in [-0.25, -0.2) is 0 Å². The van der Waals surface area contributed by atoms with Crippen LogP contribution in [0.25, 0.3) is 0 Å². The second kappa shape index (κ2) is 6.45. The lowest BCUT2D eigenvalue weighted by Gasteiger charge is -2.31. The van der Waals surface area contributed by atoms with Gasteiger partial charge in [0.15, 0.2) is 11.5 Å². The summed E-state index contributed by atoms with van der Waals surface area (Å²) in [5, 5.41) is 0. The predicted molar refractivity (Wildman–Crippen MR) is 97.2 cm³/mol. The number of fused-ring (bicyclic) bond motifs is 1. The van der Waals surface area contributed by atoms with Gasteiger partial charge in [-0.05, 0) is 33.0 Å². The van der Waals surface area contributed by atoms with E-state index < -0.39 is 0 Å². The number of para-hydroxylation sites is 1. The third kappa shape index (κ3) is 2.82. The van der Waals surface area contributed by atoms with Crippen LogP contribution >= 0.6 is 0 Å². The van der Waals surface area contributed by atoms with Gasteiger partial charge in [-0.15, -0.1) is 0 Å². The van der Waals surface area contributed by atoms with E-state index in [4.69, 9.17) is 14.2 Å². The van der Waals surface area contributed by atoms with Gasteiger partial charge < -0.3 is 19.1 Å². The highest BCUT2D eigenvalue weighted by atomic mass is 16.5. The summed E-state index contributed by atoms with van der Waals surface area (Å²) < 4.78 is 17.6. The van der Waals surface area contributed by atoms with Crippen LogP contribution in [0.1, 0.15) is 18.4 Å². The second-order valence-corrected chi connectivity index (χ2v) is 8.11. The maximum Gasteiger partial charge on any atom is 0.165 e. The van der Waals surface area contributed by atoms with Crippen molar-refractivity contribution in [1.29, 1.82) is 0 Å². The standard InChI is InChI=1S/C20H30N2O3/c1-21(2)11-15-16-12-22(13-20(16)9-8-17(15)25-20)10-14-6-5-7-18(23-3)19(14)24-4/h5-7,15-17H,8-13H2,1-4H3/t15-,16+,17+,20+/m0/s1. The third-order valence-electron chi connectivity index (χ3n) is 6.31. The summed E-state index contributed by atoms with van der Waals surface area (Å²) in [5.74, 6) is 2.99. The average Bonchev–Trinajstić information content (AvgIpc) is 3.23. The molecule has 138 valence electrons. The van der Waals surface area contributed by atoms with E-state index >= 15 is 0 Å². The first-order chi connectivity index (χ1) is 12.1. The maximum absolute atomic E-state index is 6.54. The van der Waals surface area contributed by atoms with Crippen LogP contribution in [-0.4, -0.2) is 69.5 Å². The lowest BCUT2D eigenvalue weighted by Crippen LogP contribution is -2.40. The van der Waals surface area contributed by atoms with Crippen molar-refractivity contribution >= 4 is 0 Å². The van der Waals surface area contributed by atoms with Crippen molar-refractivity contribution in [3.63, 3.8) is 0 Å². The first-order valence-electron chi connectivity index (χ1n) is 9.31. The van der Waals surface area contributed by atoms with Crippen LogP contribution in [0.5, 0.6) is 11.5 Å². The lowest BCUT2D eigenvalue weighted by atomic mass is 9.73. The Bertz CT molecular complexity index is 635. The minimum Gasteiger partial charge on any atom is -0.493 e. The molecule has 3 fully saturated rings. The quantitative estimate of drug-likeness (QED) is 0.789. The van der Waals surface area contributed by atoms with Crippen LogP contribution in [0.4, 0.5) is 0 Å². The molecule has 25 heavy (non-hydrogen) atoms.